The Morgan fingerprint density at radius 1 is 1.10 bits per heavy atom. The van der Waals surface area contributed by atoms with Crippen LogP contribution in [0.4, 0.5) is 5.69 Å². The Kier molecular flexibility index (Phi) is 4.41. The van der Waals surface area contributed by atoms with Gasteiger partial charge in [-0.25, -0.2) is 4.79 Å². The molecule has 0 bridgehead atoms. The fourth-order valence-corrected chi connectivity index (χ4v) is 2.09. The van der Waals surface area contributed by atoms with E-state index < -0.39 is 0 Å². The molecule has 3 nitrogen and oxygen atoms in total. The summed E-state index contributed by atoms with van der Waals surface area (Å²) < 4.78 is 4.68. The van der Waals surface area contributed by atoms with Gasteiger partial charge in [-0.2, -0.15) is 0 Å². The number of anilines is 1. The molecule has 2 rings (SSSR count). The lowest BCUT2D eigenvalue weighted by Gasteiger charge is -2.10. The summed E-state index contributed by atoms with van der Waals surface area (Å²) in [6.07, 6.45) is 0. The molecule has 104 valence electrons. The third kappa shape index (κ3) is 3.38. The zero-order valence-electron chi connectivity index (χ0n) is 12.1. The van der Waals surface area contributed by atoms with Crippen LogP contribution < -0.4 is 5.32 Å². The highest BCUT2D eigenvalue weighted by Crippen LogP contribution is 2.17. The van der Waals surface area contributed by atoms with Crippen molar-refractivity contribution in [3.63, 3.8) is 0 Å². The van der Waals surface area contributed by atoms with Gasteiger partial charge in [-0.15, -0.1) is 0 Å². The fraction of sp³-hybridized carbons (Fsp3) is 0.235. The summed E-state index contributed by atoms with van der Waals surface area (Å²) in [6.45, 7) is 4.91. The molecule has 0 aliphatic rings. The van der Waals surface area contributed by atoms with Crippen molar-refractivity contribution in [3.8, 4) is 0 Å². The summed E-state index contributed by atoms with van der Waals surface area (Å²) in [4.78, 5) is 11.3. The summed E-state index contributed by atoms with van der Waals surface area (Å²) in [5.41, 5.74) is 5.32. The minimum absolute atomic E-state index is 0.307. The van der Waals surface area contributed by atoms with Crippen LogP contribution in [0.5, 0.6) is 0 Å². The standard InChI is InChI=1S/C17H19NO2/c1-12-4-9-16(13(2)10-12)18-11-14-5-7-15(8-6-14)17(19)20-3/h4-10,18H,11H2,1-3H3. The molecule has 0 spiro atoms. The summed E-state index contributed by atoms with van der Waals surface area (Å²) in [7, 11) is 1.39. The molecule has 0 saturated carbocycles. The molecule has 0 unspecified atom stereocenters. The number of ether oxygens (including phenoxy) is 1. The van der Waals surface area contributed by atoms with E-state index in [0.29, 0.717) is 5.56 Å². The van der Waals surface area contributed by atoms with E-state index in [2.05, 4.69) is 42.1 Å². The number of aryl methyl sites for hydroxylation is 2. The highest BCUT2D eigenvalue weighted by Gasteiger charge is 2.04. The first-order valence-electron chi connectivity index (χ1n) is 6.58. The van der Waals surface area contributed by atoms with Gasteiger partial charge in [-0.3, -0.25) is 0 Å². The number of carbonyl (C=O) groups is 1. The van der Waals surface area contributed by atoms with Crippen molar-refractivity contribution in [3.05, 3.63) is 64.7 Å². The average molecular weight is 269 g/mol. The third-order valence-electron chi connectivity index (χ3n) is 3.24. The molecule has 0 fully saturated rings. The van der Waals surface area contributed by atoms with Crippen LogP contribution in [0.1, 0.15) is 27.0 Å². The van der Waals surface area contributed by atoms with Gasteiger partial charge in [0, 0.05) is 12.2 Å². The van der Waals surface area contributed by atoms with E-state index in [1.807, 2.05) is 12.1 Å². The van der Waals surface area contributed by atoms with Crippen LogP contribution in [0.15, 0.2) is 42.5 Å². The maximum absolute atomic E-state index is 11.3. The lowest BCUT2D eigenvalue weighted by molar-refractivity contribution is 0.0600. The maximum atomic E-state index is 11.3. The van der Waals surface area contributed by atoms with Gasteiger partial charge in [0.05, 0.1) is 12.7 Å². The average Bonchev–Trinajstić information content (AvgIpc) is 2.46. The molecule has 0 heterocycles. The van der Waals surface area contributed by atoms with Crippen LogP contribution in [-0.4, -0.2) is 13.1 Å². The smallest absolute Gasteiger partial charge is 0.337 e. The van der Waals surface area contributed by atoms with E-state index in [9.17, 15) is 4.79 Å². The third-order valence-corrected chi connectivity index (χ3v) is 3.24. The number of methoxy groups -OCH3 is 1. The molecule has 20 heavy (non-hydrogen) atoms. The van der Waals surface area contributed by atoms with Gasteiger partial charge in [0.1, 0.15) is 0 Å². The Labute approximate surface area is 119 Å². The van der Waals surface area contributed by atoms with Crippen molar-refractivity contribution in [2.24, 2.45) is 0 Å². The van der Waals surface area contributed by atoms with Crippen molar-refractivity contribution in [1.29, 1.82) is 0 Å². The summed E-state index contributed by atoms with van der Waals surface area (Å²) in [5, 5.41) is 3.40. The Morgan fingerprint density at radius 3 is 2.40 bits per heavy atom. The molecular weight excluding hydrogens is 250 g/mol. The minimum atomic E-state index is -0.307. The number of nitrogens with one attached hydrogen (secondary N) is 1. The topological polar surface area (TPSA) is 38.3 Å². The van der Waals surface area contributed by atoms with Crippen molar-refractivity contribution in [1.82, 2.24) is 0 Å². The van der Waals surface area contributed by atoms with E-state index in [4.69, 9.17) is 0 Å². The Bertz CT molecular complexity index is 603. The van der Waals surface area contributed by atoms with E-state index >= 15 is 0 Å². The predicted molar refractivity (Wildman–Crippen MR) is 81.0 cm³/mol. The number of carbonyl (C=O) groups excluding carboxylic acids is 1. The molecule has 0 aromatic heterocycles. The Morgan fingerprint density at radius 2 is 1.80 bits per heavy atom. The van der Waals surface area contributed by atoms with Gasteiger partial charge >= 0.3 is 5.97 Å². The summed E-state index contributed by atoms with van der Waals surface area (Å²) >= 11 is 0. The number of rotatable bonds is 4. The molecule has 3 heteroatoms. The monoisotopic (exact) mass is 269 g/mol. The molecule has 0 amide bonds. The zero-order valence-corrected chi connectivity index (χ0v) is 12.1. The number of hydrogen-bond acceptors (Lipinski definition) is 3. The molecule has 1 N–H and O–H groups in total. The number of esters is 1. The molecule has 0 atom stereocenters. The molecule has 0 radical (unpaired) electrons. The summed E-state index contributed by atoms with van der Waals surface area (Å²) in [6, 6.07) is 13.8. The van der Waals surface area contributed by atoms with Gasteiger partial charge in [-0.1, -0.05) is 29.8 Å². The zero-order chi connectivity index (χ0) is 14.5. The van der Waals surface area contributed by atoms with Gasteiger partial charge in [0.2, 0.25) is 0 Å². The van der Waals surface area contributed by atoms with E-state index in [1.54, 1.807) is 12.1 Å². The van der Waals surface area contributed by atoms with Crippen molar-refractivity contribution in [2.45, 2.75) is 20.4 Å². The predicted octanol–water partition coefficient (Wildman–Crippen LogP) is 3.70. The molecular formula is C17H19NO2. The molecule has 2 aromatic rings. The SMILES string of the molecule is COC(=O)c1ccc(CNc2ccc(C)cc2C)cc1. The second kappa shape index (κ2) is 6.24. The van der Waals surface area contributed by atoms with Crippen molar-refractivity contribution in [2.75, 3.05) is 12.4 Å². The molecule has 0 aliphatic carbocycles. The highest BCUT2D eigenvalue weighted by molar-refractivity contribution is 5.89. The van der Waals surface area contributed by atoms with Crippen LogP contribution in [0.3, 0.4) is 0 Å². The maximum Gasteiger partial charge on any atom is 0.337 e. The second-order valence-electron chi connectivity index (χ2n) is 4.86. The van der Waals surface area contributed by atoms with Gasteiger partial charge in [0.15, 0.2) is 0 Å². The van der Waals surface area contributed by atoms with E-state index in [1.165, 1.54) is 18.2 Å². The van der Waals surface area contributed by atoms with Crippen LogP contribution in [0, 0.1) is 13.8 Å². The second-order valence-corrected chi connectivity index (χ2v) is 4.86. The molecule has 0 aliphatic heterocycles. The van der Waals surface area contributed by atoms with Gasteiger partial charge < -0.3 is 10.1 Å². The van der Waals surface area contributed by atoms with Gasteiger partial charge in [-0.05, 0) is 43.2 Å². The largest absolute Gasteiger partial charge is 0.465 e. The highest BCUT2D eigenvalue weighted by atomic mass is 16.5. The number of hydrogen-bond donors (Lipinski definition) is 1. The first-order valence-corrected chi connectivity index (χ1v) is 6.58. The van der Waals surface area contributed by atoms with Gasteiger partial charge in [0.25, 0.3) is 0 Å². The van der Waals surface area contributed by atoms with Crippen molar-refractivity contribution >= 4 is 11.7 Å². The first kappa shape index (κ1) is 14.1. The van der Waals surface area contributed by atoms with Crippen LogP contribution in [0.2, 0.25) is 0 Å². The van der Waals surface area contributed by atoms with Crippen LogP contribution >= 0.6 is 0 Å². The van der Waals surface area contributed by atoms with E-state index in [-0.39, 0.29) is 5.97 Å². The lowest BCUT2D eigenvalue weighted by atomic mass is 10.1. The van der Waals surface area contributed by atoms with E-state index in [0.717, 1.165) is 17.8 Å². The minimum Gasteiger partial charge on any atom is -0.465 e. The summed E-state index contributed by atoms with van der Waals surface area (Å²) in [5.74, 6) is -0.307. The number of benzene rings is 2. The quantitative estimate of drug-likeness (QED) is 0.860. The first-order chi connectivity index (χ1) is 9.60. The molecule has 0 saturated heterocycles. The van der Waals surface area contributed by atoms with Crippen LogP contribution in [0.25, 0.3) is 0 Å². The van der Waals surface area contributed by atoms with Crippen LogP contribution in [-0.2, 0) is 11.3 Å². The Hall–Kier alpha value is -2.29. The van der Waals surface area contributed by atoms with Crippen molar-refractivity contribution < 1.29 is 9.53 Å². The normalized spacial score (nSPS) is 10.2. The molecule has 2 aromatic carbocycles. The Balaban J connectivity index is 2.02. The fourth-order valence-electron chi connectivity index (χ4n) is 2.09. The lowest BCUT2D eigenvalue weighted by Crippen LogP contribution is -2.03.